The van der Waals surface area contributed by atoms with Gasteiger partial charge in [-0.15, -0.1) is 0 Å². The third kappa shape index (κ3) is 2.40. The number of fused-ring (bicyclic) bond motifs is 3. The number of aliphatic hydroxyl groups is 1. The third-order valence-corrected chi connectivity index (χ3v) is 7.51. The summed E-state index contributed by atoms with van der Waals surface area (Å²) in [5, 5.41) is 11.1. The first-order valence-corrected chi connectivity index (χ1v) is 9.15. The fraction of sp³-hybridized carbons (Fsp3) is 0.900. The summed E-state index contributed by atoms with van der Waals surface area (Å²) in [6.07, 6.45) is 9.93. The molecule has 2 saturated carbocycles. The fourth-order valence-electron chi connectivity index (χ4n) is 6.32. The van der Waals surface area contributed by atoms with Crippen LogP contribution in [0.25, 0.3) is 0 Å². The number of hydrogen-bond donors (Lipinski definition) is 1. The van der Waals surface area contributed by atoms with Crippen molar-refractivity contribution in [2.24, 2.45) is 35.0 Å². The highest BCUT2D eigenvalue weighted by molar-refractivity contribution is 5.16. The van der Waals surface area contributed by atoms with Gasteiger partial charge in [-0.3, -0.25) is 0 Å². The molecule has 0 unspecified atom stereocenters. The maximum Gasteiger partial charge on any atom is 0.0653 e. The summed E-state index contributed by atoms with van der Waals surface area (Å²) in [5.41, 5.74) is 1.53. The normalized spacial score (nSPS) is 50.3. The molecule has 0 saturated heterocycles. The Bertz CT molecular complexity index is 433. The van der Waals surface area contributed by atoms with Gasteiger partial charge in [0.2, 0.25) is 0 Å². The van der Waals surface area contributed by atoms with E-state index in [1.165, 1.54) is 32.1 Å². The van der Waals surface area contributed by atoms with Crippen molar-refractivity contribution in [2.75, 3.05) is 0 Å². The molecule has 0 bridgehead atoms. The molecule has 3 aliphatic carbocycles. The molecule has 0 aromatic carbocycles. The maximum atomic E-state index is 11.1. The van der Waals surface area contributed by atoms with Crippen LogP contribution in [0.4, 0.5) is 0 Å². The average molecular weight is 290 g/mol. The summed E-state index contributed by atoms with van der Waals surface area (Å²) < 4.78 is 0. The second-order valence-corrected chi connectivity index (χ2v) is 9.13. The lowest BCUT2D eigenvalue weighted by molar-refractivity contribution is -0.0307. The van der Waals surface area contributed by atoms with Crippen LogP contribution in [0.1, 0.15) is 73.1 Å². The zero-order chi connectivity index (χ0) is 15.4. The van der Waals surface area contributed by atoms with Gasteiger partial charge >= 0.3 is 0 Å². The Morgan fingerprint density at radius 2 is 1.81 bits per heavy atom. The number of hydrogen-bond acceptors (Lipinski definition) is 1. The van der Waals surface area contributed by atoms with E-state index in [1.807, 2.05) is 0 Å². The second kappa shape index (κ2) is 5.11. The molecule has 1 heteroatoms. The van der Waals surface area contributed by atoms with Crippen LogP contribution in [0, 0.1) is 35.0 Å². The summed E-state index contributed by atoms with van der Waals surface area (Å²) in [5.74, 6) is 3.51. The molecule has 1 N–H and O–H groups in total. The zero-order valence-corrected chi connectivity index (χ0v) is 14.7. The summed E-state index contributed by atoms with van der Waals surface area (Å²) in [6.45, 7) is 11.8. The van der Waals surface area contributed by atoms with E-state index in [1.54, 1.807) is 5.57 Å². The molecular weight excluding hydrogens is 256 g/mol. The topological polar surface area (TPSA) is 20.2 Å². The standard InChI is InChI=1S/C20H34O/c1-13(2)16-8-9-17-15-12-14(3)6-7-18(15)20(5,21)11-10-19(16,17)4/h12-13,15-18,21H,6-11H2,1-5H3/t15-,16-,17-,18+,19+,20-/m1/s1. The Kier molecular flexibility index (Phi) is 3.80. The van der Waals surface area contributed by atoms with Crippen LogP contribution in [0.2, 0.25) is 0 Å². The average Bonchev–Trinajstić information content (AvgIpc) is 2.70. The Balaban J connectivity index is 2.02. The summed E-state index contributed by atoms with van der Waals surface area (Å²) >= 11 is 0. The van der Waals surface area contributed by atoms with E-state index in [0.29, 0.717) is 17.3 Å². The molecule has 6 atom stereocenters. The van der Waals surface area contributed by atoms with Gasteiger partial charge in [0.25, 0.3) is 0 Å². The van der Waals surface area contributed by atoms with Gasteiger partial charge < -0.3 is 5.11 Å². The molecule has 2 fully saturated rings. The van der Waals surface area contributed by atoms with E-state index in [2.05, 4.69) is 40.7 Å². The molecule has 0 radical (unpaired) electrons. The van der Waals surface area contributed by atoms with Gasteiger partial charge in [0, 0.05) is 0 Å². The van der Waals surface area contributed by atoms with Gasteiger partial charge in [-0.25, -0.2) is 0 Å². The summed E-state index contributed by atoms with van der Waals surface area (Å²) in [4.78, 5) is 0. The van der Waals surface area contributed by atoms with Crippen molar-refractivity contribution in [1.29, 1.82) is 0 Å². The molecule has 3 aliphatic rings. The molecule has 0 aliphatic heterocycles. The van der Waals surface area contributed by atoms with Crippen LogP contribution in [0.5, 0.6) is 0 Å². The van der Waals surface area contributed by atoms with Crippen molar-refractivity contribution in [2.45, 2.75) is 78.7 Å². The zero-order valence-electron chi connectivity index (χ0n) is 14.7. The molecule has 0 aromatic heterocycles. The van der Waals surface area contributed by atoms with Crippen LogP contribution >= 0.6 is 0 Å². The van der Waals surface area contributed by atoms with Crippen LogP contribution in [-0.4, -0.2) is 10.7 Å². The van der Waals surface area contributed by atoms with E-state index < -0.39 is 5.60 Å². The lowest BCUT2D eigenvalue weighted by atomic mass is 9.62. The fourth-order valence-corrected chi connectivity index (χ4v) is 6.32. The molecule has 21 heavy (non-hydrogen) atoms. The minimum Gasteiger partial charge on any atom is -0.390 e. The van der Waals surface area contributed by atoms with Crippen molar-refractivity contribution >= 4 is 0 Å². The van der Waals surface area contributed by atoms with Gasteiger partial charge in [-0.1, -0.05) is 32.4 Å². The van der Waals surface area contributed by atoms with E-state index in [4.69, 9.17) is 0 Å². The van der Waals surface area contributed by atoms with Crippen molar-refractivity contribution in [3.05, 3.63) is 11.6 Å². The molecule has 1 nitrogen and oxygen atoms in total. The predicted molar refractivity (Wildman–Crippen MR) is 89.0 cm³/mol. The highest BCUT2D eigenvalue weighted by Crippen LogP contribution is 2.62. The second-order valence-electron chi connectivity index (χ2n) is 9.13. The van der Waals surface area contributed by atoms with E-state index in [9.17, 15) is 5.11 Å². The smallest absolute Gasteiger partial charge is 0.0653 e. The highest BCUT2D eigenvalue weighted by atomic mass is 16.3. The molecule has 0 aromatic rings. The maximum absolute atomic E-state index is 11.1. The molecular formula is C20H34O. The van der Waals surface area contributed by atoms with Gasteiger partial charge in [0.15, 0.2) is 0 Å². The molecule has 0 spiro atoms. The summed E-state index contributed by atoms with van der Waals surface area (Å²) in [7, 11) is 0. The quantitative estimate of drug-likeness (QED) is 0.659. The molecule has 0 amide bonds. The largest absolute Gasteiger partial charge is 0.390 e. The Labute approximate surface area is 131 Å². The van der Waals surface area contributed by atoms with E-state index in [-0.39, 0.29) is 0 Å². The van der Waals surface area contributed by atoms with Gasteiger partial charge in [-0.2, -0.15) is 0 Å². The first-order chi connectivity index (χ1) is 9.75. The van der Waals surface area contributed by atoms with Gasteiger partial charge in [0.1, 0.15) is 0 Å². The van der Waals surface area contributed by atoms with Crippen molar-refractivity contribution in [1.82, 2.24) is 0 Å². The van der Waals surface area contributed by atoms with Crippen LogP contribution in [-0.2, 0) is 0 Å². The lowest BCUT2D eigenvalue weighted by Gasteiger charge is -2.43. The Morgan fingerprint density at radius 3 is 2.48 bits per heavy atom. The molecule has 120 valence electrons. The van der Waals surface area contributed by atoms with Crippen LogP contribution < -0.4 is 0 Å². The lowest BCUT2D eigenvalue weighted by Crippen LogP contribution is -2.41. The predicted octanol–water partition coefficient (Wildman–Crippen LogP) is 5.19. The third-order valence-electron chi connectivity index (χ3n) is 7.51. The van der Waals surface area contributed by atoms with Gasteiger partial charge in [-0.05, 0) is 87.4 Å². The minimum atomic E-state index is -0.462. The van der Waals surface area contributed by atoms with E-state index in [0.717, 1.165) is 24.2 Å². The van der Waals surface area contributed by atoms with Crippen molar-refractivity contribution < 1.29 is 5.11 Å². The summed E-state index contributed by atoms with van der Waals surface area (Å²) in [6, 6.07) is 0. The monoisotopic (exact) mass is 290 g/mol. The first kappa shape index (κ1) is 15.6. The Hall–Kier alpha value is -0.300. The highest BCUT2D eigenvalue weighted by Gasteiger charge is 2.56. The molecule has 0 heterocycles. The number of allylic oxidation sites excluding steroid dienone is 2. The van der Waals surface area contributed by atoms with Crippen molar-refractivity contribution in [3.63, 3.8) is 0 Å². The molecule has 3 rings (SSSR count). The van der Waals surface area contributed by atoms with Gasteiger partial charge in [0.05, 0.1) is 5.60 Å². The first-order valence-electron chi connectivity index (χ1n) is 9.15. The SMILES string of the molecule is CC1=C[C@@H]2[C@H]3CC[C@H](C(C)C)[C@]3(C)CC[C@@](C)(O)[C@H]2CC1. The van der Waals surface area contributed by atoms with Crippen LogP contribution in [0.15, 0.2) is 11.6 Å². The minimum absolute atomic E-state index is 0.436. The van der Waals surface area contributed by atoms with Crippen molar-refractivity contribution in [3.8, 4) is 0 Å². The van der Waals surface area contributed by atoms with E-state index >= 15 is 0 Å². The number of rotatable bonds is 1. The van der Waals surface area contributed by atoms with Crippen LogP contribution in [0.3, 0.4) is 0 Å². The Morgan fingerprint density at radius 1 is 1.10 bits per heavy atom.